The van der Waals surface area contributed by atoms with Crippen molar-refractivity contribution in [3.63, 3.8) is 0 Å². The maximum absolute atomic E-state index is 12.5. The standard InChI is InChI=1S/C20H30N2O.C2H2O4/c23-20(21-19-10-6-1-2-7-11-19)18-12-14-22(15-13-18)16-17-8-4-3-5-9-17;3-1(4)2(5)6/h3-5,8-9,18-19H,1-2,6-7,10-16H2,(H,21,23);(H,3,4)(H,5,6). The van der Waals surface area contributed by atoms with Gasteiger partial charge in [-0.3, -0.25) is 9.69 Å². The summed E-state index contributed by atoms with van der Waals surface area (Å²) in [5, 5.41) is 18.1. The second kappa shape index (κ2) is 12.2. The van der Waals surface area contributed by atoms with Crippen molar-refractivity contribution in [2.45, 2.75) is 64.0 Å². The number of carboxylic acid groups (broad SMARTS) is 2. The van der Waals surface area contributed by atoms with E-state index in [2.05, 4.69) is 40.5 Å². The Bertz CT molecular complexity index is 636. The third kappa shape index (κ3) is 8.64. The van der Waals surface area contributed by atoms with Gasteiger partial charge in [-0.15, -0.1) is 0 Å². The van der Waals surface area contributed by atoms with Crippen LogP contribution in [0.2, 0.25) is 0 Å². The number of piperidine rings is 1. The van der Waals surface area contributed by atoms with Gasteiger partial charge in [0.05, 0.1) is 0 Å². The lowest BCUT2D eigenvalue weighted by Crippen LogP contribution is -2.43. The summed E-state index contributed by atoms with van der Waals surface area (Å²) in [4.78, 5) is 33.2. The highest BCUT2D eigenvalue weighted by atomic mass is 16.4. The van der Waals surface area contributed by atoms with Gasteiger partial charge >= 0.3 is 11.9 Å². The minimum atomic E-state index is -1.82. The fourth-order valence-corrected chi connectivity index (χ4v) is 3.94. The molecule has 1 amide bonds. The van der Waals surface area contributed by atoms with Gasteiger partial charge in [0.1, 0.15) is 0 Å². The van der Waals surface area contributed by atoms with E-state index in [9.17, 15) is 4.79 Å². The SMILES string of the molecule is O=C(NC1CCCCCC1)C1CCN(Cc2ccccc2)CC1.O=C(O)C(=O)O. The van der Waals surface area contributed by atoms with E-state index in [0.717, 1.165) is 32.5 Å². The molecule has 1 saturated heterocycles. The van der Waals surface area contributed by atoms with E-state index in [1.165, 1.54) is 44.1 Å². The molecule has 1 aromatic rings. The van der Waals surface area contributed by atoms with Gasteiger partial charge in [-0.25, -0.2) is 9.59 Å². The van der Waals surface area contributed by atoms with Crippen molar-refractivity contribution in [2.75, 3.05) is 13.1 Å². The van der Waals surface area contributed by atoms with Crippen LogP contribution in [-0.2, 0) is 20.9 Å². The van der Waals surface area contributed by atoms with Gasteiger partial charge in [-0.05, 0) is 44.3 Å². The van der Waals surface area contributed by atoms with Crippen LogP contribution >= 0.6 is 0 Å². The van der Waals surface area contributed by atoms with Crippen molar-refractivity contribution in [1.29, 1.82) is 0 Å². The van der Waals surface area contributed by atoms with Crippen molar-refractivity contribution in [3.05, 3.63) is 35.9 Å². The fraction of sp³-hybridized carbons (Fsp3) is 0.591. The fourth-order valence-electron chi connectivity index (χ4n) is 3.94. The van der Waals surface area contributed by atoms with Crippen LogP contribution in [0.15, 0.2) is 30.3 Å². The molecular weight excluding hydrogens is 372 g/mol. The van der Waals surface area contributed by atoms with E-state index in [4.69, 9.17) is 19.8 Å². The number of aliphatic carboxylic acids is 2. The number of hydrogen-bond donors (Lipinski definition) is 3. The molecule has 0 spiro atoms. The molecule has 0 aromatic heterocycles. The molecule has 2 fully saturated rings. The highest BCUT2D eigenvalue weighted by Gasteiger charge is 2.26. The third-order valence-electron chi connectivity index (χ3n) is 5.59. The second-order valence-electron chi connectivity index (χ2n) is 7.84. The minimum Gasteiger partial charge on any atom is -0.473 e. The Morgan fingerprint density at radius 2 is 1.41 bits per heavy atom. The number of rotatable bonds is 4. The van der Waals surface area contributed by atoms with E-state index in [1.54, 1.807) is 0 Å². The Hall–Kier alpha value is -2.41. The average molecular weight is 405 g/mol. The predicted molar refractivity (Wildman–Crippen MR) is 109 cm³/mol. The number of carbonyl (C=O) groups is 3. The molecule has 7 heteroatoms. The van der Waals surface area contributed by atoms with E-state index in [1.807, 2.05) is 0 Å². The van der Waals surface area contributed by atoms with Crippen LogP contribution in [-0.4, -0.2) is 52.1 Å². The van der Waals surface area contributed by atoms with Crippen LogP contribution < -0.4 is 5.32 Å². The topological polar surface area (TPSA) is 107 Å². The lowest BCUT2D eigenvalue weighted by Gasteiger charge is -2.32. The molecule has 29 heavy (non-hydrogen) atoms. The lowest BCUT2D eigenvalue weighted by molar-refractivity contribution is -0.159. The molecule has 1 heterocycles. The summed E-state index contributed by atoms with van der Waals surface area (Å²) in [6.45, 7) is 3.09. The molecule has 0 bridgehead atoms. The van der Waals surface area contributed by atoms with Crippen molar-refractivity contribution >= 4 is 17.8 Å². The summed E-state index contributed by atoms with van der Waals surface area (Å²) >= 11 is 0. The molecular formula is C22H32N2O5. The van der Waals surface area contributed by atoms with Crippen LogP contribution in [0.1, 0.15) is 56.9 Å². The van der Waals surface area contributed by atoms with Gasteiger partial charge in [0.25, 0.3) is 0 Å². The number of likely N-dealkylation sites (tertiary alicyclic amines) is 1. The molecule has 1 saturated carbocycles. The monoisotopic (exact) mass is 404 g/mol. The summed E-state index contributed by atoms with van der Waals surface area (Å²) in [5.41, 5.74) is 1.37. The van der Waals surface area contributed by atoms with Crippen LogP contribution in [0.25, 0.3) is 0 Å². The zero-order valence-electron chi connectivity index (χ0n) is 16.9. The second-order valence-corrected chi connectivity index (χ2v) is 7.84. The maximum atomic E-state index is 12.5. The first-order chi connectivity index (χ1) is 14.0. The summed E-state index contributed by atoms with van der Waals surface area (Å²) in [6.07, 6.45) is 9.60. The number of carbonyl (C=O) groups excluding carboxylic acids is 1. The molecule has 3 rings (SSSR count). The molecule has 1 aromatic carbocycles. The van der Waals surface area contributed by atoms with Gasteiger partial charge < -0.3 is 15.5 Å². The smallest absolute Gasteiger partial charge is 0.414 e. The number of amides is 1. The molecule has 0 atom stereocenters. The summed E-state index contributed by atoms with van der Waals surface area (Å²) in [5.74, 6) is -3.11. The van der Waals surface area contributed by atoms with E-state index < -0.39 is 11.9 Å². The largest absolute Gasteiger partial charge is 0.473 e. The Kier molecular flexibility index (Phi) is 9.64. The highest BCUT2D eigenvalue weighted by Crippen LogP contribution is 2.21. The van der Waals surface area contributed by atoms with Crippen LogP contribution in [0.3, 0.4) is 0 Å². The first-order valence-electron chi connectivity index (χ1n) is 10.5. The van der Waals surface area contributed by atoms with Crippen LogP contribution in [0.5, 0.6) is 0 Å². The number of nitrogens with one attached hydrogen (secondary N) is 1. The van der Waals surface area contributed by atoms with Gasteiger partial charge in [0.2, 0.25) is 5.91 Å². The van der Waals surface area contributed by atoms with E-state index in [0.29, 0.717) is 11.9 Å². The normalized spacial score (nSPS) is 18.8. The van der Waals surface area contributed by atoms with E-state index >= 15 is 0 Å². The molecule has 1 aliphatic carbocycles. The zero-order valence-corrected chi connectivity index (χ0v) is 16.9. The Morgan fingerprint density at radius 1 is 0.862 bits per heavy atom. The average Bonchev–Trinajstić information content (AvgIpc) is 2.98. The minimum absolute atomic E-state index is 0.227. The van der Waals surface area contributed by atoms with Gasteiger partial charge in [-0.1, -0.05) is 56.0 Å². The first-order valence-corrected chi connectivity index (χ1v) is 10.5. The Balaban J connectivity index is 0.000000438. The van der Waals surface area contributed by atoms with Crippen LogP contribution in [0.4, 0.5) is 0 Å². The lowest BCUT2D eigenvalue weighted by atomic mass is 9.94. The molecule has 2 aliphatic rings. The molecule has 1 aliphatic heterocycles. The van der Waals surface area contributed by atoms with Gasteiger partial charge in [0, 0.05) is 18.5 Å². The van der Waals surface area contributed by atoms with Crippen molar-refractivity contribution in [2.24, 2.45) is 5.92 Å². The van der Waals surface area contributed by atoms with Crippen molar-refractivity contribution in [3.8, 4) is 0 Å². The predicted octanol–water partition coefficient (Wildman–Crippen LogP) is 2.89. The molecule has 0 radical (unpaired) electrons. The zero-order chi connectivity index (χ0) is 21.1. The summed E-state index contributed by atoms with van der Waals surface area (Å²) < 4.78 is 0. The molecule has 7 nitrogen and oxygen atoms in total. The number of nitrogens with zero attached hydrogens (tertiary/aromatic N) is 1. The highest BCUT2D eigenvalue weighted by molar-refractivity contribution is 6.27. The maximum Gasteiger partial charge on any atom is 0.414 e. The van der Waals surface area contributed by atoms with E-state index in [-0.39, 0.29) is 5.92 Å². The first kappa shape index (κ1) is 22.9. The van der Waals surface area contributed by atoms with Crippen molar-refractivity contribution in [1.82, 2.24) is 10.2 Å². The summed E-state index contributed by atoms with van der Waals surface area (Å²) in [7, 11) is 0. The summed E-state index contributed by atoms with van der Waals surface area (Å²) in [6, 6.07) is 11.1. The van der Waals surface area contributed by atoms with Gasteiger partial charge in [0.15, 0.2) is 0 Å². The third-order valence-corrected chi connectivity index (χ3v) is 5.59. The molecule has 0 unspecified atom stereocenters. The van der Waals surface area contributed by atoms with Gasteiger partial charge in [-0.2, -0.15) is 0 Å². The number of benzene rings is 1. The molecule has 160 valence electrons. The van der Waals surface area contributed by atoms with Crippen LogP contribution in [0, 0.1) is 5.92 Å². The number of carboxylic acids is 2. The van der Waals surface area contributed by atoms with Crippen molar-refractivity contribution < 1.29 is 24.6 Å². The Morgan fingerprint density at radius 3 is 1.93 bits per heavy atom. The number of hydrogen-bond acceptors (Lipinski definition) is 4. The quantitative estimate of drug-likeness (QED) is 0.526. The Labute approximate surface area is 172 Å². The molecule has 3 N–H and O–H groups in total.